The summed E-state index contributed by atoms with van der Waals surface area (Å²) in [4.78, 5) is 0. The van der Waals surface area contributed by atoms with Gasteiger partial charge in [-0.05, 0) is 71.5 Å². The zero-order chi connectivity index (χ0) is 21.3. The lowest BCUT2D eigenvalue weighted by Crippen LogP contribution is -2.48. The molecule has 0 heterocycles. The average Bonchev–Trinajstić information content (AvgIpc) is 2.80. The Morgan fingerprint density at radius 1 is 0.500 bits per heavy atom. The van der Waals surface area contributed by atoms with Gasteiger partial charge in [0.2, 0.25) is 0 Å². The van der Waals surface area contributed by atoms with Crippen LogP contribution in [0.1, 0.15) is 69.5 Å². The molecule has 0 atom stereocenters. The number of hydrogen-bond donors (Lipinski definition) is 0. The van der Waals surface area contributed by atoms with Crippen molar-refractivity contribution in [2.75, 3.05) is 0 Å². The molecule has 138 valence electrons. The Kier molecular flexibility index (Phi) is 3.29. The Morgan fingerprint density at radius 2 is 0.767 bits per heavy atom. The summed E-state index contributed by atoms with van der Waals surface area (Å²) in [5.74, 6) is 0. The van der Waals surface area contributed by atoms with E-state index in [2.05, 4.69) is 50.3 Å². The summed E-state index contributed by atoms with van der Waals surface area (Å²) in [5.41, 5.74) is 6.33. The minimum absolute atomic E-state index is 0.349. The van der Waals surface area contributed by atoms with E-state index in [1.807, 2.05) is 36.4 Å². The molecule has 30 heavy (non-hydrogen) atoms. The molecule has 6 rings (SSSR count). The maximum absolute atomic E-state index is 9.63. The van der Waals surface area contributed by atoms with Gasteiger partial charge in [0.15, 0.2) is 0 Å². The molecule has 0 N–H and O–H groups in total. The first-order chi connectivity index (χ1) is 14.4. The number of rotatable bonds is 0. The van der Waals surface area contributed by atoms with Crippen LogP contribution in [0.5, 0.6) is 0 Å². The Bertz CT molecular complexity index is 1270. The summed E-state index contributed by atoms with van der Waals surface area (Å²) in [6.07, 6.45) is 0. The van der Waals surface area contributed by atoms with Gasteiger partial charge in [-0.25, -0.2) is 0 Å². The van der Waals surface area contributed by atoms with Crippen LogP contribution in [0.3, 0.4) is 0 Å². The fourth-order valence-electron chi connectivity index (χ4n) is 5.45. The molecule has 0 aliphatic heterocycles. The Labute approximate surface area is 174 Å². The number of benzene rings is 3. The summed E-state index contributed by atoms with van der Waals surface area (Å²) >= 11 is 0. The van der Waals surface area contributed by atoms with Gasteiger partial charge in [0, 0.05) is 10.8 Å². The van der Waals surface area contributed by atoms with Gasteiger partial charge in [0.25, 0.3) is 0 Å². The van der Waals surface area contributed by atoms with Crippen LogP contribution in [0, 0.1) is 45.3 Å². The Hall–Kier alpha value is -4.38. The topological polar surface area (TPSA) is 95.2 Å². The lowest BCUT2D eigenvalue weighted by atomic mass is 9.47. The van der Waals surface area contributed by atoms with E-state index in [1.54, 1.807) is 0 Å². The first-order valence-electron chi connectivity index (χ1n) is 9.53. The van der Waals surface area contributed by atoms with E-state index in [9.17, 15) is 21.0 Å². The van der Waals surface area contributed by atoms with Crippen LogP contribution < -0.4 is 0 Å². The molecule has 0 aromatic heterocycles. The first kappa shape index (κ1) is 17.7. The van der Waals surface area contributed by atoms with E-state index >= 15 is 0 Å². The summed E-state index contributed by atoms with van der Waals surface area (Å²) in [7, 11) is 0. The highest BCUT2D eigenvalue weighted by molar-refractivity contribution is 5.77. The van der Waals surface area contributed by atoms with Crippen molar-refractivity contribution in [3.63, 3.8) is 0 Å². The van der Waals surface area contributed by atoms with E-state index in [4.69, 9.17) is 0 Å². The zero-order valence-electron chi connectivity index (χ0n) is 16.4. The molecule has 3 aromatic rings. The van der Waals surface area contributed by atoms with Crippen LogP contribution >= 0.6 is 0 Å². The number of hydrogen-bond acceptors (Lipinski definition) is 4. The fraction of sp³-hybridized carbons (Fsp3) is 0.154. The summed E-state index contributed by atoms with van der Waals surface area (Å²) < 4.78 is 0. The van der Waals surface area contributed by atoms with Crippen LogP contribution in [0.2, 0.25) is 0 Å². The molecule has 0 radical (unpaired) electrons. The van der Waals surface area contributed by atoms with Crippen LogP contribution in [-0.4, -0.2) is 0 Å². The molecule has 3 aliphatic rings. The van der Waals surface area contributed by atoms with Crippen molar-refractivity contribution in [3.8, 4) is 24.3 Å². The van der Waals surface area contributed by atoms with Crippen molar-refractivity contribution >= 4 is 0 Å². The van der Waals surface area contributed by atoms with Gasteiger partial charge in [-0.3, -0.25) is 0 Å². The molecule has 0 amide bonds. The number of nitrogens with zero attached hydrogens (tertiary/aromatic N) is 4. The highest BCUT2D eigenvalue weighted by Crippen LogP contribution is 2.62. The predicted octanol–water partition coefficient (Wildman–Crippen LogP) is 4.51. The van der Waals surface area contributed by atoms with Gasteiger partial charge in [-0.2, -0.15) is 21.0 Å². The summed E-state index contributed by atoms with van der Waals surface area (Å²) in [6.45, 7) is 4.20. The molecule has 2 bridgehead atoms. The van der Waals surface area contributed by atoms with Crippen LogP contribution in [0.15, 0.2) is 48.5 Å². The molecule has 3 aliphatic carbocycles. The molecule has 0 spiro atoms. The third kappa shape index (κ3) is 1.77. The van der Waals surface area contributed by atoms with Crippen molar-refractivity contribution < 1.29 is 0 Å². The largest absolute Gasteiger partial charge is 0.192 e. The molecule has 0 saturated heterocycles. The highest BCUT2D eigenvalue weighted by atomic mass is 14.6. The molecule has 3 aromatic carbocycles. The highest BCUT2D eigenvalue weighted by Gasteiger charge is 2.55. The monoisotopic (exact) mass is 382 g/mol. The van der Waals surface area contributed by atoms with Gasteiger partial charge >= 0.3 is 0 Å². The lowest BCUT2D eigenvalue weighted by Gasteiger charge is -2.54. The molecule has 0 fully saturated rings. The molecular formula is C26H14N4. The molecule has 0 unspecified atom stereocenters. The average molecular weight is 382 g/mol. The first-order valence-corrected chi connectivity index (χ1v) is 9.53. The summed E-state index contributed by atoms with van der Waals surface area (Å²) in [6, 6.07) is 24.1. The summed E-state index contributed by atoms with van der Waals surface area (Å²) in [5, 5.41) is 38.5. The lowest BCUT2D eigenvalue weighted by molar-refractivity contribution is 0.510. The second-order valence-corrected chi connectivity index (χ2v) is 8.13. The van der Waals surface area contributed by atoms with Crippen molar-refractivity contribution in [2.24, 2.45) is 0 Å². The third-order valence-electron chi connectivity index (χ3n) is 6.96. The smallest absolute Gasteiger partial charge is 0.101 e. The van der Waals surface area contributed by atoms with Gasteiger partial charge in [-0.1, -0.05) is 24.3 Å². The Balaban J connectivity index is 2.02. The van der Waals surface area contributed by atoms with Gasteiger partial charge in [0.05, 0.1) is 22.3 Å². The van der Waals surface area contributed by atoms with Crippen molar-refractivity contribution in [2.45, 2.75) is 24.7 Å². The number of nitriles is 4. The minimum Gasteiger partial charge on any atom is -0.192 e. The standard InChI is InChI=1S/C26H14N4/c1-25-19-5-3-4-6-20(19)26(2,23-9-17(13-29)15(11-27)7-21(23)25)24-10-18(14-30)16(12-28)8-22(24)25/h3-10H,1-2H3. The zero-order valence-corrected chi connectivity index (χ0v) is 16.4. The van der Waals surface area contributed by atoms with Crippen LogP contribution in [0.25, 0.3) is 0 Å². The fourth-order valence-corrected chi connectivity index (χ4v) is 5.45. The maximum Gasteiger partial charge on any atom is 0.101 e. The van der Waals surface area contributed by atoms with Gasteiger partial charge in [0.1, 0.15) is 24.3 Å². The van der Waals surface area contributed by atoms with E-state index in [0.717, 1.165) is 33.4 Å². The second-order valence-electron chi connectivity index (χ2n) is 8.13. The molecule has 4 heteroatoms. The molecular weight excluding hydrogens is 368 g/mol. The predicted molar refractivity (Wildman–Crippen MR) is 109 cm³/mol. The molecule has 4 nitrogen and oxygen atoms in total. The maximum atomic E-state index is 9.63. The minimum atomic E-state index is -0.599. The van der Waals surface area contributed by atoms with Crippen LogP contribution in [-0.2, 0) is 10.8 Å². The third-order valence-corrected chi connectivity index (χ3v) is 6.96. The molecule has 0 saturated carbocycles. The SMILES string of the molecule is CC12c3ccccc3C(C)(c3cc(C#N)c(C#N)cc31)c1cc(C#N)c(C#N)cc12. The van der Waals surface area contributed by atoms with Crippen molar-refractivity contribution in [1.29, 1.82) is 21.0 Å². The van der Waals surface area contributed by atoms with E-state index < -0.39 is 10.8 Å². The second kappa shape index (κ2) is 5.58. The van der Waals surface area contributed by atoms with Crippen molar-refractivity contribution in [1.82, 2.24) is 0 Å². The van der Waals surface area contributed by atoms with E-state index in [1.165, 1.54) is 0 Å². The van der Waals surface area contributed by atoms with E-state index in [0.29, 0.717) is 22.3 Å². The quantitative estimate of drug-likeness (QED) is 0.571. The van der Waals surface area contributed by atoms with E-state index in [-0.39, 0.29) is 0 Å². The van der Waals surface area contributed by atoms with Crippen molar-refractivity contribution in [3.05, 3.63) is 104 Å². The Morgan fingerprint density at radius 3 is 1.00 bits per heavy atom. The van der Waals surface area contributed by atoms with Crippen LogP contribution in [0.4, 0.5) is 0 Å². The normalized spacial score (nSPS) is 21.8. The van der Waals surface area contributed by atoms with Gasteiger partial charge in [-0.15, -0.1) is 0 Å². The van der Waals surface area contributed by atoms with Gasteiger partial charge < -0.3 is 0 Å².